The number of amides is 1. The lowest BCUT2D eigenvalue weighted by atomic mass is 10.1. The molecular formula is C22H29N3O2. The van der Waals surface area contributed by atoms with Crippen LogP contribution in [-0.2, 0) is 4.79 Å². The van der Waals surface area contributed by atoms with Gasteiger partial charge in [0.25, 0.3) is 0 Å². The molecule has 0 fully saturated rings. The molecular weight excluding hydrogens is 338 g/mol. The SMILES string of the molecule is CCN(CC)c1ccc(NCCC(=O)Nc2cccc(C(C)=O)c2)c(C)c1. The van der Waals surface area contributed by atoms with E-state index in [0.29, 0.717) is 24.2 Å². The molecule has 1 amide bonds. The Balaban J connectivity index is 1.88. The fraction of sp³-hybridized carbons (Fsp3) is 0.364. The van der Waals surface area contributed by atoms with Gasteiger partial charge in [0.05, 0.1) is 0 Å². The van der Waals surface area contributed by atoms with E-state index in [1.807, 2.05) is 0 Å². The Morgan fingerprint density at radius 1 is 1.04 bits per heavy atom. The lowest BCUT2D eigenvalue weighted by molar-refractivity contribution is -0.115. The third-order valence-corrected chi connectivity index (χ3v) is 4.56. The van der Waals surface area contributed by atoms with E-state index >= 15 is 0 Å². The first-order chi connectivity index (χ1) is 12.9. The number of hydrogen-bond acceptors (Lipinski definition) is 4. The molecule has 0 heterocycles. The first-order valence-electron chi connectivity index (χ1n) is 9.45. The molecule has 0 aromatic heterocycles. The molecule has 0 aliphatic heterocycles. The predicted octanol–water partition coefficient (Wildman–Crippen LogP) is 4.48. The second kappa shape index (κ2) is 9.76. The Morgan fingerprint density at radius 2 is 1.78 bits per heavy atom. The molecule has 0 radical (unpaired) electrons. The number of nitrogens with one attached hydrogen (secondary N) is 2. The molecule has 0 unspecified atom stereocenters. The van der Waals surface area contributed by atoms with Crippen LogP contribution >= 0.6 is 0 Å². The van der Waals surface area contributed by atoms with Crippen LogP contribution in [0.1, 0.15) is 43.1 Å². The van der Waals surface area contributed by atoms with Gasteiger partial charge in [-0.25, -0.2) is 0 Å². The molecule has 144 valence electrons. The topological polar surface area (TPSA) is 61.4 Å². The van der Waals surface area contributed by atoms with Crippen LogP contribution in [0.5, 0.6) is 0 Å². The van der Waals surface area contributed by atoms with Crippen molar-refractivity contribution in [1.29, 1.82) is 0 Å². The van der Waals surface area contributed by atoms with Crippen molar-refractivity contribution in [3.8, 4) is 0 Å². The van der Waals surface area contributed by atoms with Crippen molar-refractivity contribution in [2.45, 2.75) is 34.1 Å². The maximum Gasteiger partial charge on any atom is 0.226 e. The molecule has 2 aromatic carbocycles. The molecule has 0 aliphatic carbocycles. The average Bonchev–Trinajstić information content (AvgIpc) is 2.64. The number of ketones is 1. The standard InChI is InChI=1S/C22H29N3O2/c1-5-25(6-2)20-10-11-21(16(3)14-20)23-13-12-22(27)24-19-9-7-8-18(15-19)17(4)26/h7-11,14-15,23H,5-6,12-13H2,1-4H3,(H,24,27). The van der Waals surface area contributed by atoms with Crippen LogP contribution in [0.2, 0.25) is 0 Å². The summed E-state index contributed by atoms with van der Waals surface area (Å²) in [7, 11) is 0. The van der Waals surface area contributed by atoms with Gasteiger partial charge in [0.15, 0.2) is 5.78 Å². The van der Waals surface area contributed by atoms with E-state index in [1.54, 1.807) is 24.3 Å². The minimum Gasteiger partial charge on any atom is -0.384 e. The number of Topliss-reactive ketones (excluding diaryl/α,β-unsaturated/α-hetero) is 1. The average molecular weight is 367 g/mol. The molecule has 0 saturated carbocycles. The quantitative estimate of drug-likeness (QED) is 0.641. The van der Waals surface area contributed by atoms with Crippen molar-refractivity contribution < 1.29 is 9.59 Å². The summed E-state index contributed by atoms with van der Waals surface area (Å²) in [6.45, 7) is 10.4. The third kappa shape index (κ3) is 5.84. The number of benzene rings is 2. The number of hydrogen-bond donors (Lipinski definition) is 2. The minimum absolute atomic E-state index is 0.0172. The van der Waals surface area contributed by atoms with Crippen LogP contribution in [0.15, 0.2) is 42.5 Å². The Hall–Kier alpha value is -2.82. The van der Waals surface area contributed by atoms with E-state index < -0.39 is 0 Å². The van der Waals surface area contributed by atoms with Gasteiger partial charge in [-0.05, 0) is 63.6 Å². The highest BCUT2D eigenvalue weighted by atomic mass is 16.1. The second-order valence-electron chi connectivity index (χ2n) is 6.53. The highest BCUT2D eigenvalue weighted by molar-refractivity contribution is 5.97. The molecule has 0 atom stereocenters. The zero-order valence-electron chi connectivity index (χ0n) is 16.6. The van der Waals surface area contributed by atoms with Gasteiger partial charge in [0, 0.05) is 48.7 Å². The van der Waals surface area contributed by atoms with Crippen LogP contribution in [0.3, 0.4) is 0 Å². The van der Waals surface area contributed by atoms with Crippen LogP contribution in [0.25, 0.3) is 0 Å². The first kappa shape index (κ1) is 20.5. The summed E-state index contributed by atoms with van der Waals surface area (Å²) in [5.41, 5.74) is 4.65. The molecule has 5 nitrogen and oxygen atoms in total. The Labute approximate surface area is 161 Å². The lowest BCUT2D eigenvalue weighted by Crippen LogP contribution is -2.22. The van der Waals surface area contributed by atoms with Crippen molar-refractivity contribution in [2.75, 3.05) is 35.2 Å². The molecule has 2 aromatic rings. The van der Waals surface area contributed by atoms with Crippen molar-refractivity contribution in [1.82, 2.24) is 0 Å². The Kier molecular flexibility index (Phi) is 7.41. The summed E-state index contributed by atoms with van der Waals surface area (Å²) in [6, 6.07) is 13.3. The van der Waals surface area contributed by atoms with Crippen molar-refractivity contribution >= 4 is 28.8 Å². The maximum absolute atomic E-state index is 12.1. The predicted molar refractivity (Wildman–Crippen MR) is 113 cm³/mol. The Morgan fingerprint density at radius 3 is 2.41 bits per heavy atom. The van der Waals surface area contributed by atoms with Crippen LogP contribution in [0.4, 0.5) is 17.1 Å². The normalized spacial score (nSPS) is 10.4. The number of carbonyl (C=O) groups excluding carboxylic acids is 2. The molecule has 2 N–H and O–H groups in total. The molecule has 2 rings (SSSR count). The zero-order valence-corrected chi connectivity index (χ0v) is 16.6. The van der Waals surface area contributed by atoms with Gasteiger partial charge in [-0.1, -0.05) is 12.1 Å². The summed E-state index contributed by atoms with van der Waals surface area (Å²) in [4.78, 5) is 25.9. The summed E-state index contributed by atoms with van der Waals surface area (Å²) in [5, 5.41) is 6.17. The Bertz CT molecular complexity index is 798. The largest absolute Gasteiger partial charge is 0.384 e. The number of nitrogens with zero attached hydrogens (tertiary/aromatic N) is 1. The highest BCUT2D eigenvalue weighted by Crippen LogP contribution is 2.22. The molecule has 0 aliphatic rings. The van der Waals surface area contributed by atoms with Crippen LogP contribution < -0.4 is 15.5 Å². The van der Waals surface area contributed by atoms with Crippen molar-refractivity contribution in [3.05, 3.63) is 53.6 Å². The van der Waals surface area contributed by atoms with Gasteiger partial charge in [-0.15, -0.1) is 0 Å². The van der Waals surface area contributed by atoms with Crippen molar-refractivity contribution in [2.24, 2.45) is 0 Å². The van der Waals surface area contributed by atoms with Crippen LogP contribution in [0, 0.1) is 6.92 Å². The maximum atomic E-state index is 12.1. The fourth-order valence-electron chi connectivity index (χ4n) is 2.98. The molecule has 0 spiro atoms. The third-order valence-electron chi connectivity index (χ3n) is 4.56. The monoisotopic (exact) mass is 367 g/mol. The van der Waals surface area contributed by atoms with Gasteiger partial charge >= 0.3 is 0 Å². The molecule has 0 bridgehead atoms. The zero-order chi connectivity index (χ0) is 19.8. The van der Waals surface area contributed by atoms with Gasteiger partial charge in [-0.3, -0.25) is 9.59 Å². The van der Waals surface area contributed by atoms with Gasteiger partial charge in [0.2, 0.25) is 5.91 Å². The van der Waals surface area contributed by atoms with E-state index in [0.717, 1.165) is 24.3 Å². The smallest absolute Gasteiger partial charge is 0.226 e. The second-order valence-corrected chi connectivity index (χ2v) is 6.53. The van der Waals surface area contributed by atoms with Gasteiger partial charge in [0.1, 0.15) is 0 Å². The van der Waals surface area contributed by atoms with E-state index in [2.05, 4.69) is 54.5 Å². The van der Waals surface area contributed by atoms with E-state index in [9.17, 15) is 9.59 Å². The number of aryl methyl sites for hydroxylation is 1. The summed E-state index contributed by atoms with van der Waals surface area (Å²) < 4.78 is 0. The number of carbonyl (C=O) groups is 2. The molecule has 0 saturated heterocycles. The van der Waals surface area contributed by atoms with Crippen molar-refractivity contribution in [3.63, 3.8) is 0 Å². The molecule has 5 heteroatoms. The molecule has 27 heavy (non-hydrogen) atoms. The summed E-state index contributed by atoms with van der Waals surface area (Å²) in [6.07, 6.45) is 0.349. The van der Waals surface area contributed by atoms with E-state index in [4.69, 9.17) is 0 Å². The fourth-order valence-corrected chi connectivity index (χ4v) is 2.98. The number of anilines is 3. The van der Waals surface area contributed by atoms with Crippen LogP contribution in [-0.4, -0.2) is 31.3 Å². The highest BCUT2D eigenvalue weighted by Gasteiger charge is 2.07. The lowest BCUT2D eigenvalue weighted by Gasteiger charge is -2.22. The summed E-state index contributed by atoms with van der Waals surface area (Å²) in [5.74, 6) is -0.1000. The first-order valence-corrected chi connectivity index (χ1v) is 9.45. The number of rotatable bonds is 9. The van der Waals surface area contributed by atoms with Gasteiger partial charge < -0.3 is 15.5 Å². The minimum atomic E-state index is -0.0828. The van der Waals surface area contributed by atoms with E-state index in [-0.39, 0.29) is 11.7 Å². The summed E-state index contributed by atoms with van der Waals surface area (Å²) >= 11 is 0. The van der Waals surface area contributed by atoms with Gasteiger partial charge in [-0.2, -0.15) is 0 Å². The van der Waals surface area contributed by atoms with E-state index in [1.165, 1.54) is 12.6 Å².